The van der Waals surface area contributed by atoms with Crippen LogP contribution < -0.4 is 10.0 Å². The molecule has 20 heavy (non-hydrogen) atoms. The molecule has 6 heteroatoms. The molecule has 0 bridgehead atoms. The van der Waals surface area contributed by atoms with E-state index in [1.807, 2.05) is 13.0 Å². The lowest BCUT2D eigenvalue weighted by atomic mass is 10.2. The summed E-state index contributed by atoms with van der Waals surface area (Å²) < 4.78 is 27.4. The van der Waals surface area contributed by atoms with Gasteiger partial charge in [0, 0.05) is 16.2 Å². The first kappa shape index (κ1) is 17.5. The molecular formula is C14H23BrN2O2S. The van der Waals surface area contributed by atoms with Crippen LogP contribution in [0.25, 0.3) is 0 Å². The van der Waals surface area contributed by atoms with Crippen LogP contribution >= 0.6 is 15.9 Å². The third-order valence-electron chi connectivity index (χ3n) is 2.84. The van der Waals surface area contributed by atoms with Gasteiger partial charge >= 0.3 is 0 Å². The van der Waals surface area contributed by atoms with Crippen molar-refractivity contribution in [2.75, 3.05) is 17.0 Å². The van der Waals surface area contributed by atoms with Crippen molar-refractivity contribution in [2.24, 2.45) is 0 Å². The number of rotatable bonds is 8. The minimum Gasteiger partial charge on any atom is -0.315 e. The molecule has 0 unspecified atom stereocenters. The molecule has 0 aromatic heterocycles. The van der Waals surface area contributed by atoms with Crippen LogP contribution in [0, 0.1) is 6.92 Å². The van der Waals surface area contributed by atoms with Crippen molar-refractivity contribution < 1.29 is 8.42 Å². The molecule has 0 saturated heterocycles. The number of hydrogen-bond donors (Lipinski definition) is 2. The maximum absolute atomic E-state index is 11.9. The predicted molar refractivity (Wildman–Crippen MR) is 88.7 cm³/mol. The smallest absolute Gasteiger partial charge is 0.232 e. The van der Waals surface area contributed by atoms with Crippen LogP contribution in [0.15, 0.2) is 22.7 Å². The number of benzene rings is 1. The second kappa shape index (κ2) is 8.00. The van der Waals surface area contributed by atoms with E-state index in [9.17, 15) is 8.42 Å². The Balaban J connectivity index is 2.43. The van der Waals surface area contributed by atoms with Crippen LogP contribution in [0.5, 0.6) is 0 Å². The highest BCUT2D eigenvalue weighted by Crippen LogP contribution is 2.21. The van der Waals surface area contributed by atoms with Gasteiger partial charge in [0.2, 0.25) is 10.0 Å². The molecular weight excluding hydrogens is 340 g/mol. The highest BCUT2D eigenvalue weighted by Gasteiger charge is 2.10. The van der Waals surface area contributed by atoms with Gasteiger partial charge in [-0.1, -0.05) is 35.8 Å². The molecule has 4 nitrogen and oxygen atoms in total. The average molecular weight is 363 g/mol. The van der Waals surface area contributed by atoms with E-state index >= 15 is 0 Å². The topological polar surface area (TPSA) is 58.2 Å². The highest BCUT2D eigenvalue weighted by molar-refractivity contribution is 9.10. The average Bonchev–Trinajstić information content (AvgIpc) is 2.32. The molecule has 0 aliphatic carbocycles. The van der Waals surface area contributed by atoms with E-state index in [0.29, 0.717) is 18.2 Å². The Morgan fingerprint density at radius 1 is 1.25 bits per heavy atom. The molecule has 0 aliphatic rings. The molecule has 0 heterocycles. The van der Waals surface area contributed by atoms with Gasteiger partial charge in [-0.2, -0.15) is 0 Å². The summed E-state index contributed by atoms with van der Waals surface area (Å²) in [5.41, 5.74) is 1.68. The first-order valence-electron chi connectivity index (χ1n) is 6.80. The van der Waals surface area contributed by atoms with Crippen LogP contribution in [0.2, 0.25) is 0 Å². The lowest BCUT2D eigenvalue weighted by Crippen LogP contribution is -2.24. The second-order valence-corrected chi connectivity index (χ2v) is 7.90. The molecule has 1 rings (SSSR count). The maximum Gasteiger partial charge on any atom is 0.232 e. The van der Waals surface area contributed by atoms with Crippen LogP contribution in [0.4, 0.5) is 5.69 Å². The first-order chi connectivity index (χ1) is 9.30. The lowest BCUT2D eigenvalue weighted by Gasteiger charge is -2.10. The second-order valence-electron chi connectivity index (χ2n) is 5.20. The minimum atomic E-state index is -3.26. The zero-order valence-electron chi connectivity index (χ0n) is 12.2. The molecule has 1 aromatic carbocycles. The molecule has 0 fully saturated rings. The van der Waals surface area contributed by atoms with Crippen molar-refractivity contribution in [2.45, 2.75) is 39.7 Å². The number of sulfonamides is 1. The van der Waals surface area contributed by atoms with E-state index < -0.39 is 10.0 Å². The number of hydrogen-bond acceptors (Lipinski definition) is 3. The summed E-state index contributed by atoms with van der Waals surface area (Å²) in [6.45, 7) is 6.97. The van der Waals surface area contributed by atoms with Gasteiger partial charge in [0.1, 0.15) is 0 Å². The lowest BCUT2D eigenvalue weighted by molar-refractivity contribution is 0.561. The van der Waals surface area contributed by atoms with Crippen molar-refractivity contribution >= 4 is 31.6 Å². The van der Waals surface area contributed by atoms with E-state index in [4.69, 9.17) is 0 Å². The SMILES string of the molecule is Cc1ccc(NS(=O)(=O)CCCCNC(C)C)cc1Br. The van der Waals surface area contributed by atoms with Crippen molar-refractivity contribution in [1.82, 2.24) is 5.32 Å². The highest BCUT2D eigenvalue weighted by atomic mass is 79.9. The Morgan fingerprint density at radius 3 is 2.55 bits per heavy atom. The van der Waals surface area contributed by atoms with Gasteiger partial charge in [0.25, 0.3) is 0 Å². The van der Waals surface area contributed by atoms with Gasteiger partial charge in [0.05, 0.1) is 5.75 Å². The zero-order valence-corrected chi connectivity index (χ0v) is 14.6. The van der Waals surface area contributed by atoms with Crippen LogP contribution in [-0.4, -0.2) is 26.8 Å². The van der Waals surface area contributed by atoms with Crippen LogP contribution in [-0.2, 0) is 10.0 Å². The zero-order chi connectivity index (χ0) is 15.2. The minimum absolute atomic E-state index is 0.151. The van der Waals surface area contributed by atoms with Gasteiger partial charge in [0.15, 0.2) is 0 Å². The number of halogens is 1. The fourth-order valence-electron chi connectivity index (χ4n) is 1.69. The Labute approximate surface area is 130 Å². The number of nitrogens with one attached hydrogen (secondary N) is 2. The molecule has 0 saturated carbocycles. The molecule has 0 atom stereocenters. The van der Waals surface area contributed by atoms with Gasteiger partial charge < -0.3 is 5.32 Å². The quantitative estimate of drug-likeness (QED) is 0.697. The van der Waals surface area contributed by atoms with Crippen molar-refractivity contribution in [3.05, 3.63) is 28.2 Å². The van der Waals surface area contributed by atoms with Crippen molar-refractivity contribution in [3.63, 3.8) is 0 Å². The van der Waals surface area contributed by atoms with E-state index in [1.54, 1.807) is 12.1 Å². The monoisotopic (exact) mass is 362 g/mol. The third-order valence-corrected chi connectivity index (χ3v) is 5.06. The van der Waals surface area contributed by atoms with Crippen molar-refractivity contribution in [1.29, 1.82) is 0 Å². The Morgan fingerprint density at radius 2 is 1.95 bits per heavy atom. The summed E-state index contributed by atoms with van der Waals surface area (Å²) in [4.78, 5) is 0. The Kier molecular flexibility index (Phi) is 6.99. The summed E-state index contributed by atoms with van der Waals surface area (Å²) in [5, 5.41) is 3.27. The van der Waals surface area contributed by atoms with E-state index in [1.165, 1.54) is 0 Å². The van der Waals surface area contributed by atoms with Crippen LogP contribution in [0.1, 0.15) is 32.3 Å². The van der Waals surface area contributed by atoms with Gasteiger partial charge in [-0.15, -0.1) is 0 Å². The Bertz CT molecular complexity index is 530. The molecule has 114 valence electrons. The van der Waals surface area contributed by atoms with Gasteiger partial charge in [-0.05, 0) is 44.0 Å². The Hall–Kier alpha value is -0.590. The maximum atomic E-state index is 11.9. The van der Waals surface area contributed by atoms with Crippen LogP contribution in [0.3, 0.4) is 0 Å². The predicted octanol–water partition coefficient (Wildman–Crippen LogP) is 3.28. The number of unbranched alkanes of at least 4 members (excludes halogenated alkanes) is 1. The first-order valence-corrected chi connectivity index (χ1v) is 9.25. The van der Waals surface area contributed by atoms with E-state index in [0.717, 1.165) is 23.0 Å². The van der Waals surface area contributed by atoms with E-state index in [2.05, 4.69) is 39.8 Å². The molecule has 0 spiro atoms. The van der Waals surface area contributed by atoms with Gasteiger partial charge in [-0.3, -0.25) is 4.72 Å². The molecule has 0 amide bonds. The standard InChI is InChI=1S/C14H23BrN2O2S/c1-11(2)16-8-4-5-9-20(18,19)17-13-7-6-12(3)14(15)10-13/h6-7,10-11,16-17H,4-5,8-9H2,1-3H3. The molecule has 2 N–H and O–H groups in total. The molecule has 0 aliphatic heterocycles. The molecule has 1 aromatic rings. The summed E-state index contributed by atoms with van der Waals surface area (Å²) in [7, 11) is -3.26. The largest absolute Gasteiger partial charge is 0.315 e. The van der Waals surface area contributed by atoms with Crippen molar-refractivity contribution in [3.8, 4) is 0 Å². The fourth-order valence-corrected chi connectivity index (χ4v) is 3.25. The normalized spacial score (nSPS) is 11.8. The number of anilines is 1. The summed E-state index contributed by atoms with van der Waals surface area (Å²) >= 11 is 3.40. The summed E-state index contributed by atoms with van der Waals surface area (Å²) in [5.74, 6) is 0.151. The summed E-state index contributed by atoms with van der Waals surface area (Å²) in [6, 6.07) is 5.88. The third kappa shape index (κ3) is 6.72. The van der Waals surface area contributed by atoms with Gasteiger partial charge in [-0.25, -0.2) is 8.42 Å². The molecule has 0 radical (unpaired) electrons. The fraction of sp³-hybridized carbons (Fsp3) is 0.571. The number of aryl methyl sites for hydroxylation is 1. The summed E-state index contributed by atoms with van der Waals surface area (Å²) in [6.07, 6.45) is 1.51. The van der Waals surface area contributed by atoms with E-state index in [-0.39, 0.29) is 5.75 Å².